The summed E-state index contributed by atoms with van der Waals surface area (Å²) in [7, 11) is 0. The van der Waals surface area contributed by atoms with Crippen molar-refractivity contribution in [3.8, 4) is 0 Å². The first kappa shape index (κ1) is 15.9. The third-order valence-electron chi connectivity index (χ3n) is 3.78. The fourth-order valence-corrected chi connectivity index (χ4v) is 2.61. The minimum absolute atomic E-state index is 0.562. The Morgan fingerprint density at radius 2 is 1.78 bits per heavy atom. The zero-order valence-corrected chi connectivity index (χ0v) is 12.3. The maximum absolute atomic E-state index is 5.54. The van der Waals surface area contributed by atoms with Crippen molar-refractivity contribution < 1.29 is 4.74 Å². The highest BCUT2D eigenvalue weighted by Gasteiger charge is 2.26. The predicted molar refractivity (Wildman–Crippen MR) is 78.0 cm³/mol. The van der Waals surface area contributed by atoms with E-state index in [1.807, 2.05) is 0 Å². The summed E-state index contributed by atoms with van der Waals surface area (Å²) in [5.74, 6) is 0.657. The summed E-state index contributed by atoms with van der Waals surface area (Å²) < 4.78 is 5.54. The van der Waals surface area contributed by atoms with Gasteiger partial charge in [0.1, 0.15) is 0 Å². The first-order chi connectivity index (χ1) is 8.88. The Hall–Kier alpha value is -0.120. The minimum atomic E-state index is 0.562. The van der Waals surface area contributed by atoms with Gasteiger partial charge in [-0.3, -0.25) is 0 Å². The monoisotopic (exact) mass is 256 g/mol. The van der Waals surface area contributed by atoms with Crippen molar-refractivity contribution in [2.45, 2.75) is 58.4 Å². The molecule has 1 heterocycles. The number of ether oxygens (including phenoxy) is 1. The normalized spacial score (nSPS) is 23.7. The SMILES string of the molecule is CCCCCCCCNCC1COCC1NCC. The number of rotatable bonds is 11. The largest absolute Gasteiger partial charge is 0.379 e. The average molecular weight is 256 g/mol. The predicted octanol–water partition coefficient (Wildman–Crippen LogP) is 2.56. The number of unbranched alkanes of at least 4 members (excludes halogenated alkanes) is 5. The van der Waals surface area contributed by atoms with Gasteiger partial charge in [0.15, 0.2) is 0 Å². The van der Waals surface area contributed by atoms with Gasteiger partial charge in [-0.25, -0.2) is 0 Å². The van der Waals surface area contributed by atoms with E-state index in [4.69, 9.17) is 4.74 Å². The van der Waals surface area contributed by atoms with Crippen LogP contribution in [0.2, 0.25) is 0 Å². The van der Waals surface area contributed by atoms with E-state index < -0.39 is 0 Å². The zero-order chi connectivity index (χ0) is 13.1. The van der Waals surface area contributed by atoms with E-state index in [0.717, 1.165) is 26.3 Å². The van der Waals surface area contributed by atoms with Crippen molar-refractivity contribution in [3.05, 3.63) is 0 Å². The molecule has 0 aromatic rings. The molecule has 0 spiro atoms. The Morgan fingerprint density at radius 1 is 1.00 bits per heavy atom. The maximum Gasteiger partial charge on any atom is 0.0623 e. The van der Waals surface area contributed by atoms with E-state index in [-0.39, 0.29) is 0 Å². The Balaban J connectivity index is 1.91. The van der Waals surface area contributed by atoms with Gasteiger partial charge in [0.05, 0.1) is 13.2 Å². The molecular weight excluding hydrogens is 224 g/mol. The summed E-state index contributed by atoms with van der Waals surface area (Å²) in [4.78, 5) is 0. The molecule has 3 heteroatoms. The van der Waals surface area contributed by atoms with Gasteiger partial charge < -0.3 is 15.4 Å². The molecule has 108 valence electrons. The van der Waals surface area contributed by atoms with E-state index in [9.17, 15) is 0 Å². The second-order valence-electron chi connectivity index (χ2n) is 5.43. The third kappa shape index (κ3) is 6.72. The fraction of sp³-hybridized carbons (Fsp3) is 1.00. The summed E-state index contributed by atoms with van der Waals surface area (Å²) in [5.41, 5.74) is 0. The number of hydrogen-bond acceptors (Lipinski definition) is 3. The van der Waals surface area contributed by atoms with Gasteiger partial charge in [-0.2, -0.15) is 0 Å². The van der Waals surface area contributed by atoms with Crippen LogP contribution in [0.25, 0.3) is 0 Å². The van der Waals surface area contributed by atoms with E-state index in [1.165, 1.54) is 45.1 Å². The molecule has 3 nitrogen and oxygen atoms in total. The highest BCUT2D eigenvalue weighted by atomic mass is 16.5. The molecule has 0 bridgehead atoms. The van der Waals surface area contributed by atoms with Gasteiger partial charge >= 0.3 is 0 Å². The number of hydrogen-bond donors (Lipinski definition) is 2. The first-order valence-electron chi connectivity index (χ1n) is 7.90. The lowest BCUT2D eigenvalue weighted by atomic mass is 10.0. The van der Waals surface area contributed by atoms with Crippen LogP contribution in [0.15, 0.2) is 0 Å². The van der Waals surface area contributed by atoms with E-state index in [1.54, 1.807) is 0 Å². The van der Waals surface area contributed by atoms with Crippen molar-refractivity contribution >= 4 is 0 Å². The standard InChI is InChI=1S/C15H32N2O/c1-3-5-6-7-8-9-10-16-11-14-12-18-13-15(14)17-4-2/h14-17H,3-13H2,1-2H3. The van der Waals surface area contributed by atoms with Crippen LogP contribution in [-0.2, 0) is 4.74 Å². The molecule has 1 aliphatic heterocycles. The van der Waals surface area contributed by atoms with Crippen molar-refractivity contribution in [1.82, 2.24) is 10.6 Å². The van der Waals surface area contributed by atoms with E-state index in [2.05, 4.69) is 24.5 Å². The van der Waals surface area contributed by atoms with Gasteiger partial charge in [-0.1, -0.05) is 46.0 Å². The molecule has 1 saturated heterocycles. The lowest BCUT2D eigenvalue weighted by Crippen LogP contribution is -2.40. The Labute approximate surface area is 113 Å². The molecule has 0 radical (unpaired) electrons. The van der Waals surface area contributed by atoms with E-state index in [0.29, 0.717) is 12.0 Å². The molecule has 0 aromatic heterocycles. The zero-order valence-electron chi connectivity index (χ0n) is 12.3. The summed E-state index contributed by atoms with van der Waals surface area (Å²) in [5, 5.41) is 7.09. The minimum Gasteiger partial charge on any atom is -0.379 e. The summed E-state index contributed by atoms with van der Waals surface area (Å²) in [6.45, 7) is 9.56. The van der Waals surface area contributed by atoms with Crippen LogP contribution in [0, 0.1) is 5.92 Å². The van der Waals surface area contributed by atoms with Gasteiger partial charge in [0.2, 0.25) is 0 Å². The quantitative estimate of drug-likeness (QED) is 0.557. The lowest BCUT2D eigenvalue weighted by molar-refractivity contribution is 0.182. The molecule has 2 N–H and O–H groups in total. The second kappa shape index (κ2) is 10.8. The average Bonchev–Trinajstić information content (AvgIpc) is 2.81. The van der Waals surface area contributed by atoms with Crippen molar-refractivity contribution in [3.63, 3.8) is 0 Å². The number of likely N-dealkylation sites (N-methyl/N-ethyl adjacent to an activating group) is 1. The second-order valence-corrected chi connectivity index (χ2v) is 5.43. The number of nitrogens with one attached hydrogen (secondary N) is 2. The topological polar surface area (TPSA) is 33.3 Å². The van der Waals surface area contributed by atoms with Crippen LogP contribution >= 0.6 is 0 Å². The molecule has 1 aliphatic rings. The van der Waals surface area contributed by atoms with Crippen LogP contribution in [0.4, 0.5) is 0 Å². The maximum atomic E-state index is 5.54. The Kier molecular flexibility index (Phi) is 9.54. The molecule has 1 fully saturated rings. The van der Waals surface area contributed by atoms with Gasteiger partial charge in [0, 0.05) is 18.5 Å². The molecule has 0 saturated carbocycles. The van der Waals surface area contributed by atoms with Crippen molar-refractivity contribution in [1.29, 1.82) is 0 Å². The van der Waals surface area contributed by atoms with Crippen LogP contribution in [-0.4, -0.2) is 38.9 Å². The van der Waals surface area contributed by atoms with Crippen LogP contribution in [0.1, 0.15) is 52.4 Å². The molecule has 0 aromatic carbocycles. The van der Waals surface area contributed by atoms with Gasteiger partial charge in [-0.05, 0) is 19.5 Å². The highest BCUT2D eigenvalue weighted by molar-refractivity contribution is 4.82. The molecule has 1 rings (SSSR count). The Bertz CT molecular complexity index is 187. The van der Waals surface area contributed by atoms with Crippen LogP contribution < -0.4 is 10.6 Å². The van der Waals surface area contributed by atoms with Crippen LogP contribution in [0.5, 0.6) is 0 Å². The highest BCUT2D eigenvalue weighted by Crippen LogP contribution is 2.12. The van der Waals surface area contributed by atoms with Crippen molar-refractivity contribution in [2.75, 3.05) is 32.8 Å². The fourth-order valence-electron chi connectivity index (χ4n) is 2.61. The van der Waals surface area contributed by atoms with E-state index >= 15 is 0 Å². The molecular formula is C15H32N2O. The summed E-state index contributed by atoms with van der Waals surface area (Å²) >= 11 is 0. The van der Waals surface area contributed by atoms with Gasteiger partial charge in [-0.15, -0.1) is 0 Å². The van der Waals surface area contributed by atoms with Crippen LogP contribution in [0.3, 0.4) is 0 Å². The van der Waals surface area contributed by atoms with Gasteiger partial charge in [0.25, 0.3) is 0 Å². The van der Waals surface area contributed by atoms with Crippen molar-refractivity contribution in [2.24, 2.45) is 5.92 Å². The molecule has 0 aliphatic carbocycles. The summed E-state index contributed by atoms with van der Waals surface area (Å²) in [6, 6.07) is 0.562. The lowest BCUT2D eigenvalue weighted by Gasteiger charge is -2.18. The first-order valence-corrected chi connectivity index (χ1v) is 7.90. The smallest absolute Gasteiger partial charge is 0.0623 e. The molecule has 0 amide bonds. The molecule has 2 unspecified atom stereocenters. The molecule has 2 atom stereocenters. The molecule has 18 heavy (non-hydrogen) atoms. The third-order valence-corrected chi connectivity index (χ3v) is 3.78. The summed E-state index contributed by atoms with van der Waals surface area (Å²) in [6.07, 6.45) is 8.26. The Morgan fingerprint density at radius 3 is 2.56 bits per heavy atom.